The van der Waals surface area contributed by atoms with Gasteiger partial charge >= 0.3 is 0 Å². The third-order valence-electron chi connectivity index (χ3n) is 3.31. The Kier molecular flexibility index (Phi) is 5.32. The molecular weight excluding hydrogens is 340 g/mol. The molecule has 0 unspecified atom stereocenters. The molecule has 3 heterocycles. The maximum absolute atomic E-state index is 12.8. The summed E-state index contributed by atoms with van der Waals surface area (Å²) in [5.41, 5.74) is 0.913. The minimum Gasteiger partial charge on any atom is -0.286 e. The smallest absolute Gasteiger partial charge is 0.234 e. The van der Waals surface area contributed by atoms with Crippen molar-refractivity contribution in [3.8, 4) is 10.6 Å². The first-order valence-corrected chi connectivity index (χ1v) is 9.39. The highest BCUT2D eigenvalue weighted by Gasteiger charge is 2.22. The molecule has 1 amide bonds. The fraction of sp³-hybridized carbons (Fsp3) is 0.294. The molecule has 3 rings (SSSR count). The Morgan fingerprint density at radius 3 is 2.79 bits per heavy atom. The molecule has 0 saturated heterocycles. The van der Waals surface area contributed by atoms with E-state index in [1.165, 1.54) is 11.3 Å². The molecule has 124 valence electrons. The van der Waals surface area contributed by atoms with Gasteiger partial charge in [-0.1, -0.05) is 31.3 Å². The lowest BCUT2D eigenvalue weighted by Crippen LogP contribution is -2.35. The Morgan fingerprint density at radius 1 is 1.25 bits per heavy atom. The average Bonchev–Trinajstić information content (AvgIpc) is 3.25. The second-order valence-corrected chi connectivity index (χ2v) is 7.77. The van der Waals surface area contributed by atoms with E-state index in [2.05, 4.69) is 29.0 Å². The van der Waals surface area contributed by atoms with Crippen molar-refractivity contribution in [1.29, 1.82) is 0 Å². The second kappa shape index (κ2) is 7.63. The van der Waals surface area contributed by atoms with E-state index in [9.17, 15) is 4.79 Å². The van der Waals surface area contributed by atoms with Crippen LogP contribution in [0.25, 0.3) is 10.6 Å². The van der Waals surface area contributed by atoms with Gasteiger partial charge in [0.2, 0.25) is 11.0 Å². The summed E-state index contributed by atoms with van der Waals surface area (Å²) >= 11 is 3.02. The molecule has 24 heavy (non-hydrogen) atoms. The van der Waals surface area contributed by atoms with Crippen LogP contribution in [0.4, 0.5) is 5.13 Å². The van der Waals surface area contributed by atoms with Crippen LogP contribution in [0.5, 0.6) is 0 Å². The van der Waals surface area contributed by atoms with Gasteiger partial charge in [-0.05, 0) is 29.5 Å². The van der Waals surface area contributed by atoms with E-state index in [1.54, 1.807) is 28.6 Å². The van der Waals surface area contributed by atoms with Crippen LogP contribution in [-0.2, 0) is 11.2 Å². The lowest BCUT2D eigenvalue weighted by Gasteiger charge is -2.21. The number of hydrogen-bond donors (Lipinski definition) is 0. The summed E-state index contributed by atoms with van der Waals surface area (Å²) in [6, 6.07) is 7.75. The number of carbonyl (C=O) groups excluding carboxylic acids is 1. The normalized spacial score (nSPS) is 11.0. The van der Waals surface area contributed by atoms with E-state index in [0.29, 0.717) is 24.0 Å². The number of nitrogens with zero attached hydrogens (tertiary/aromatic N) is 4. The fourth-order valence-electron chi connectivity index (χ4n) is 2.24. The molecule has 3 aromatic heterocycles. The van der Waals surface area contributed by atoms with Crippen molar-refractivity contribution in [3.63, 3.8) is 0 Å². The van der Waals surface area contributed by atoms with Gasteiger partial charge in [0.1, 0.15) is 0 Å². The lowest BCUT2D eigenvalue weighted by atomic mass is 10.2. The summed E-state index contributed by atoms with van der Waals surface area (Å²) in [4.78, 5) is 19.7. The van der Waals surface area contributed by atoms with Crippen LogP contribution in [0.3, 0.4) is 0 Å². The van der Waals surface area contributed by atoms with E-state index in [1.807, 2.05) is 29.6 Å². The van der Waals surface area contributed by atoms with Crippen molar-refractivity contribution in [2.75, 3.05) is 11.4 Å². The van der Waals surface area contributed by atoms with Gasteiger partial charge in [0.15, 0.2) is 5.01 Å². The fourth-order valence-corrected chi connectivity index (χ4v) is 3.80. The zero-order chi connectivity index (χ0) is 16.9. The van der Waals surface area contributed by atoms with E-state index >= 15 is 0 Å². The molecule has 3 aromatic rings. The summed E-state index contributed by atoms with van der Waals surface area (Å²) in [5, 5.41) is 11.9. The second-order valence-electron chi connectivity index (χ2n) is 5.79. The van der Waals surface area contributed by atoms with Gasteiger partial charge in [-0.2, -0.15) is 0 Å². The summed E-state index contributed by atoms with van der Waals surface area (Å²) in [7, 11) is 0. The van der Waals surface area contributed by atoms with E-state index < -0.39 is 0 Å². The number of amides is 1. The first kappa shape index (κ1) is 16.7. The maximum Gasteiger partial charge on any atom is 0.234 e. The zero-order valence-corrected chi connectivity index (χ0v) is 15.2. The summed E-state index contributed by atoms with van der Waals surface area (Å²) in [5.74, 6) is 0.406. The third kappa shape index (κ3) is 4.04. The Morgan fingerprint density at radius 2 is 2.12 bits per heavy atom. The molecule has 0 atom stereocenters. The van der Waals surface area contributed by atoms with Crippen LogP contribution in [0.1, 0.15) is 18.7 Å². The quantitative estimate of drug-likeness (QED) is 0.671. The Labute approximate surface area is 149 Å². The number of aromatic nitrogens is 3. The molecule has 0 saturated carbocycles. The molecule has 0 radical (unpaired) electrons. The van der Waals surface area contributed by atoms with Crippen molar-refractivity contribution in [1.82, 2.24) is 15.2 Å². The molecule has 7 heteroatoms. The summed E-state index contributed by atoms with van der Waals surface area (Å²) < 4.78 is 0. The van der Waals surface area contributed by atoms with Gasteiger partial charge in [0, 0.05) is 29.4 Å². The van der Waals surface area contributed by atoms with Crippen LogP contribution in [-0.4, -0.2) is 27.6 Å². The highest BCUT2D eigenvalue weighted by atomic mass is 32.1. The molecule has 5 nitrogen and oxygen atoms in total. The summed E-state index contributed by atoms with van der Waals surface area (Å²) in [6.07, 6.45) is 3.87. The largest absolute Gasteiger partial charge is 0.286 e. The average molecular weight is 358 g/mol. The monoisotopic (exact) mass is 358 g/mol. The number of carbonyl (C=O) groups is 1. The number of hydrogen-bond acceptors (Lipinski definition) is 6. The van der Waals surface area contributed by atoms with Crippen LogP contribution >= 0.6 is 22.7 Å². The Balaban J connectivity index is 1.83. The van der Waals surface area contributed by atoms with Gasteiger partial charge in [-0.15, -0.1) is 21.5 Å². The first-order valence-electron chi connectivity index (χ1n) is 7.70. The highest BCUT2D eigenvalue weighted by molar-refractivity contribution is 7.18. The number of pyridine rings is 1. The van der Waals surface area contributed by atoms with Crippen LogP contribution in [0.2, 0.25) is 0 Å². The van der Waals surface area contributed by atoms with Gasteiger partial charge in [-0.25, -0.2) is 0 Å². The lowest BCUT2D eigenvalue weighted by molar-refractivity contribution is -0.118. The molecule has 0 aliphatic heterocycles. The van der Waals surface area contributed by atoms with Crippen LogP contribution < -0.4 is 4.90 Å². The molecule has 0 fully saturated rings. The van der Waals surface area contributed by atoms with Gasteiger partial charge in [0.05, 0.1) is 6.42 Å². The maximum atomic E-state index is 12.8. The molecular formula is C17H18N4OS2. The van der Waals surface area contributed by atoms with Gasteiger partial charge in [0.25, 0.3) is 0 Å². The van der Waals surface area contributed by atoms with E-state index in [0.717, 1.165) is 15.4 Å². The van der Waals surface area contributed by atoms with Crippen molar-refractivity contribution in [2.24, 2.45) is 5.92 Å². The van der Waals surface area contributed by atoms with Gasteiger partial charge in [-0.3, -0.25) is 14.7 Å². The number of rotatable bonds is 6. The highest BCUT2D eigenvalue weighted by Crippen LogP contribution is 2.29. The SMILES string of the molecule is CC(C)CN(C(=O)Cc1cccs1)c1nnc(-c2cccnc2)s1. The van der Waals surface area contributed by atoms with Crippen LogP contribution in [0, 0.1) is 5.92 Å². The van der Waals surface area contributed by atoms with Crippen LogP contribution in [0.15, 0.2) is 42.0 Å². The predicted molar refractivity (Wildman–Crippen MR) is 98.4 cm³/mol. The van der Waals surface area contributed by atoms with E-state index in [-0.39, 0.29) is 5.91 Å². The van der Waals surface area contributed by atoms with E-state index in [4.69, 9.17) is 0 Å². The number of thiophene rings is 1. The molecule has 0 spiro atoms. The van der Waals surface area contributed by atoms with Crippen molar-refractivity contribution >= 4 is 33.7 Å². The molecule has 0 aliphatic carbocycles. The standard InChI is InChI=1S/C17H18N4OS2/c1-12(2)11-21(15(22)9-14-6-4-8-23-14)17-20-19-16(24-17)13-5-3-7-18-10-13/h3-8,10,12H,9,11H2,1-2H3. The first-order chi connectivity index (χ1) is 11.6. The molecule has 0 bridgehead atoms. The summed E-state index contributed by atoms with van der Waals surface area (Å²) in [6.45, 7) is 4.81. The minimum absolute atomic E-state index is 0.0556. The minimum atomic E-state index is 0.0556. The Hall–Kier alpha value is -2.12. The predicted octanol–water partition coefficient (Wildman–Crippen LogP) is 3.89. The van der Waals surface area contributed by atoms with Gasteiger partial charge < -0.3 is 0 Å². The van der Waals surface area contributed by atoms with Crippen molar-refractivity contribution in [3.05, 3.63) is 46.9 Å². The van der Waals surface area contributed by atoms with Crippen molar-refractivity contribution < 1.29 is 4.79 Å². The zero-order valence-electron chi connectivity index (χ0n) is 13.5. The van der Waals surface area contributed by atoms with Crippen molar-refractivity contribution in [2.45, 2.75) is 20.3 Å². The topological polar surface area (TPSA) is 59.0 Å². The molecule has 0 N–H and O–H groups in total. The molecule has 0 aromatic carbocycles. The third-order valence-corrected chi connectivity index (χ3v) is 5.18. The molecule has 0 aliphatic rings. The Bertz CT molecular complexity index is 784. The number of anilines is 1.